The van der Waals surface area contributed by atoms with E-state index in [0.29, 0.717) is 24.7 Å². The van der Waals surface area contributed by atoms with Crippen LogP contribution in [0.2, 0.25) is 0 Å². The lowest BCUT2D eigenvalue weighted by atomic mass is 10.1. The number of hydrogen-bond acceptors (Lipinski definition) is 3. The standard InChI is InChI=1S/C18H18F2N2O3S/c1-12-4-5-13(10-17(12)26(24,25)22-8-2-3-9-22)18(23)21-16-7-6-14(19)11-15(16)20/h4-7,10-11H,2-3,8-9H2,1H3,(H,21,23). The van der Waals surface area contributed by atoms with Crippen molar-refractivity contribution in [3.63, 3.8) is 0 Å². The molecule has 0 saturated carbocycles. The van der Waals surface area contributed by atoms with Crippen LogP contribution in [-0.2, 0) is 10.0 Å². The molecule has 0 aliphatic carbocycles. The zero-order valence-electron chi connectivity index (χ0n) is 14.1. The zero-order chi connectivity index (χ0) is 18.9. The third kappa shape index (κ3) is 3.61. The molecule has 5 nitrogen and oxygen atoms in total. The Hall–Kier alpha value is -2.32. The number of anilines is 1. The first kappa shape index (κ1) is 18.5. The first-order valence-electron chi connectivity index (χ1n) is 8.16. The van der Waals surface area contributed by atoms with Gasteiger partial charge >= 0.3 is 0 Å². The van der Waals surface area contributed by atoms with Crippen molar-refractivity contribution < 1.29 is 22.0 Å². The van der Waals surface area contributed by atoms with E-state index >= 15 is 0 Å². The number of carbonyl (C=O) groups is 1. The van der Waals surface area contributed by atoms with Gasteiger partial charge in [-0.1, -0.05) is 6.07 Å². The van der Waals surface area contributed by atoms with Crippen molar-refractivity contribution >= 4 is 21.6 Å². The molecular weight excluding hydrogens is 362 g/mol. The molecule has 1 aliphatic rings. The van der Waals surface area contributed by atoms with E-state index in [4.69, 9.17) is 0 Å². The minimum Gasteiger partial charge on any atom is -0.319 e. The second-order valence-electron chi connectivity index (χ2n) is 6.17. The summed E-state index contributed by atoms with van der Waals surface area (Å²) in [6, 6.07) is 7.09. The van der Waals surface area contributed by atoms with Crippen molar-refractivity contribution in [2.75, 3.05) is 18.4 Å². The highest BCUT2D eigenvalue weighted by Crippen LogP contribution is 2.25. The van der Waals surface area contributed by atoms with Gasteiger partial charge in [-0.3, -0.25) is 4.79 Å². The summed E-state index contributed by atoms with van der Waals surface area (Å²) in [4.78, 5) is 12.4. The Labute approximate surface area is 150 Å². The lowest BCUT2D eigenvalue weighted by molar-refractivity contribution is 0.102. The molecule has 3 rings (SSSR count). The molecule has 0 aromatic heterocycles. The van der Waals surface area contributed by atoms with Crippen molar-refractivity contribution in [3.8, 4) is 0 Å². The SMILES string of the molecule is Cc1ccc(C(=O)Nc2ccc(F)cc2F)cc1S(=O)(=O)N1CCCC1. The van der Waals surface area contributed by atoms with E-state index in [0.717, 1.165) is 25.0 Å². The van der Waals surface area contributed by atoms with Gasteiger partial charge in [0.1, 0.15) is 11.6 Å². The van der Waals surface area contributed by atoms with Gasteiger partial charge in [0.05, 0.1) is 10.6 Å². The van der Waals surface area contributed by atoms with Crippen molar-refractivity contribution in [3.05, 3.63) is 59.2 Å². The number of sulfonamides is 1. The van der Waals surface area contributed by atoms with Crippen LogP contribution in [-0.4, -0.2) is 31.7 Å². The number of amides is 1. The summed E-state index contributed by atoms with van der Waals surface area (Å²) >= 11 is 0. The number of hydrogen-bond donors (Lipinski definition) is 1. The normalized spacial score (nSPS) is 15.2. The quantitative estimate of drug-likeness (QED) is 0.885. The van der Waals surface area contributed by atoms with Crippen LogP contribution >= 0.6 is 0 Å². The molecule has 0 radical (unpaired) electrons. The number of halogens is 2. The van der Waals surface area contributed by atoms with E-state index in [-0.39, 0.29) is 16.1 Å². The van der Waals surface area contributed by atoms with Crippen molar-refractivity contribution in [2.24, 2.45) is 0 Å². The zero-order valence-corrected chi connectivity index (χ0v) is 14.9. The second-order valence-corrected chi connectivity index (χ2v) is 8.08. The van der Waals surface area contributed by atoms with Gasteiger partial charge in [-0.15, -0.1) is 0 Å². The molecule has 2 aromatic rings. The number of nitrogens with one attached hydrogen (secondary N) is 1. The molecule has 8 heteroatoms. The number of nitrogens with zero attached hydrogens (tertiary/aromatic N) is 1. The van der Waals surface area contributed by atoms with Gasteiger partial charge in [0.2, 0.25) is 10.0 Å². The summed E-state index contributed by atoms with van der Waals surface area (Å²) in [6.45, 7) is 2.57. The summed E-state index contributed by atoms with van der Waals surface area (Å²) in [5.41, 5.74) is 0.430. The van der Waals surface area contributed by atoms with E-state index in [1.54, 1.807) is 13.0 Å². The molecule has 1 heterocycles. The van der Waals surface area contributed by atoms with E-state index in [1.807, 2.05) is 0 Å². The topological polar surface area (TPSA) is 66.5 Å². The Morgan fingerprint density at radius 1 is 1.08 bits per heavy atom. The first-order chi connectivity index (χ1) is 12.3. The molecule has 0 unspecified atom stereocenters. The highest BCUT2D eigenvalue weighted by molar-refractivity contribution is 7.89. The Kier molecular flexibility index (Phi) is 5.06. The van der Waals surface area contributed by atoms with Crippen molar-refractivity contribution in [1.29, 1.82) is 0 Å². The van der Waals surface area contributed by atoms with Crippen LogP contribution in [0.1, 0.15) is 28.8 Å². The fourth-order valence-electron chi connectivity index (χ4n) is 2.87. The van der Waals surface area contributed by atoms with Gasteiger partial charge in [0.15, 0.2) is 0 Å². The minimum absolute atomic E-state index is 0.0617. The van der Waals surface area contributed by atoms with E-state index < -0.39 is 27.6 Å². The molecule has 26 heavy (non-hydrogen) atoms. The number of carbonyl (C=O) groups excluding carboxylic acids is 1. The maximum absolute atomic E-state index is 13.7. The summed E-state index contributed by atoms with van der Waals surface area (Å²) < 4.78 is 53.6. The average molecular weight is 380 g/mol. The summed E-state index contributed by atoms with van der Waals surface area (Å²) in [6.07, 6.45) is 1.62. The van der Waals surface area contributed by atoms with Gasteiger partial charge in [-0.2, -0.15) is 4.31 Å². The average Bonchev–Trinajstić information content (AvgIpc) is 3.13. The molecule has 0 spiro atoms. The molecule has 1 saturated heterocycles. The smallest absolute Gasteiger partial charge is 0.255 e. The number of benzene rings is 2. The Morgan fingerprint density at radius 2 is 1.77 bits per heavy atom. The monoisotopic (exact) mass is 380 g/mol. The van der Waals surface area contributed by atoms with E-state index in [9.17, 15) is 22.0 Å². The van der Waals surface area contributed by atoms with Crippen LogP contribution in [0.3, 0.4) is 0 Å². The van der Waals surface area contributed by atoms with Gasteiger partial charge in [0.25, 0.3) is 5.91 Å². The molecule has 0 bridgehead atoms. The fourth-order valence-corrected chi connectivity index (χ4v) is 4.64. The van der Waals surface area contributed by atoms with Gasteiger partial charge < -0.3 is 5.32 Å². The third-order valence-electron chi connectivity index (χ3n) is 4.31. The molecule has 1 amide bonds. The lowest BCUT2D eigenvalue weighted by Gasteiger charge is -2.18. The van der Waals surface area contributed by atoms with Crippen molar-refractivity contribution in [2.45, 2.75) is 24.7 Å². The van der Waals surface area contributed by atoms with Crippen LogP contribution in [0, 0.1) is 18.6 Å². The highest BCUT2D eigenvalue weighted by Gasteiger charge is 2.29. The van der Waals surface area contributed by atoms with Crippen LogP contribution in [0.15, 0.2) is 41.3 Å². The number of aryl methyl sites for hydroxylation is 1. The molecule has 1 fully saturated rings. The predicted molar refractivity (Wildman–Crippen MR) is 93.5 cm³/mol. The molecular formula is C18H18F2N2O3S. The Bertz CT molecular complexity index is 955. The van der Waals surface area contributed by atoms with E-state index in [1.165, 1.54) is 16.4 Å². The summed E-state index contributed by atoms with van der Waals surface area (Å²) in [5, 5.41) is 2.33. The van der Waals surface area contributed by atoms with Gasteiger partial charge in [-0.05, 0) is 49.6 Å². The molecule has 1 N–H and O–H groups in total. The predicted octanol–water partition coefficient (Wildman–Crippen LogP) is 3.31. The van der Waals surface area contributed by atoms with Crippen LogP contribution in [0.5, 0.6) is 0 Å². The third-order valence-corrected chi connectivity index (χ3v) is 6.35. The summed E-state index contributed by atoms with van der Waals surface area (Å²) in [7, 11) is -3.68. The maximum atomic E-state index is 13.7. The highest BCUT2D eigenvalue weighted by atomic mass is 32.2. The van der Waals surface area contributed by atoms with Crippen LogP contribution in [0.4, 0.5) is 14.5 Å². The molecule has 138 valence electrons. The van der Waals surface area contributed by atoms with Gasteiger partial charge in [-0.25, -0.2) is 17.2 Å². The Balaban J connectivity index is 1.90. The van der Waals surface area contributed by atoms with E-state index in [2.05, 4.69) is 5.32 Å². The van der Waals surface area contributed by atoms with Crippen LogP contribution < -0.4 is 5.32 Å². The van der Waals surface area contributed by atoms with Crippen LogP contribution in [0.25, 0.3) is 0 Å². The Morgan fingerprint density at radius 3 is 2.42 bits per heavy atom. The summed E-state index contributed by atoms with van der Waals surface area (Å²) in [5.74, 6) is -2.33. The maximum Gasteiger partial charge on any atom is 0.255 e. The molecule has 1 aliphatic heterocycles. The fraction of sp³-hybridized carbons (Fsp3) is 0.278. The minimum atomic E-state index is -3.68. The second kappa shape index (κ2) is 7.13. The van der Waals surface area contributed by atoms with Crippen molar-refractivity contribution in [1.82, 2.24) is 4.31 Å². The van der Waals surface area contributed by atoms with Gasteiger partial charge in [0, 0.05) is 24.7 Å². The molecule has 2 aromatic carbocycles. The lowest BCUT2D eigenvalue weighted by Crippen LogP contribution is -2.28. The largest absolute Gasteiger partial charge is 0.319 e. The first-order valence-corrected chi connectivity index (χ1v) is 9.60. The number of rotatable bonds is 4. The molecule has 0 atom stereocenters.